The van der Waals surface area contributed by atoms with Gasteiger partial charge in [0.05, 0.1) is 5.75 Å². The third-order valence-electron chi connectivity index (χ3n) is 1.86. The first kappa shape index (κ1) is 17.8. The van der Waals surface area contributed by atoms with E-state index in [2.05, 4.69) is 5.32 Å². The molecule has 0 bridgehead atoms. The van der Waals surface area contributed by atoms with Crippen molar-refractivity contribution in [1.82, 2.24) is 5.32 Å². The molecule has 0 aliphatic rings. The van der Waals surface area contributed by atoms with Crippen molar-refractivity contribution in [2.45, 2.75) is 45.8 Å². The number of hydrogen-bond donors (Lipinski definition) is 2. The predicted octanol–water partition coefficient (Wildman–Crippen LogP) is 0.441. The number of rotatable bonds is 7. The van der Waals surface area contributed by atoms with Crippen LogP contribution in [-0.2, 0) is 19.1 Å². The molecule has 2 amide bonds. The summed E-state index contributed by atoms with van der Waals surface area (Å²) in [4.78, 5) is 33.6. The summed E-state index contributed by atoms with van der Waals surface area (Å²) in [5.41, 5.74) is 4.39. The Bertz CT molecular complexity index is 339. The topological polar surface area (TPSA) is 98.5 Å². The molecule has 0 aliphatic carbocycles. The number of hydrogen-bond acceptors (Lipinski definition) is 5. The number of esters is 1. The number of carbonyl (C=O) groups is 3. The van der Waals surface area contributed by atoms with Crippen molar-refractivity contribution in [1.29, 1.82) is 0 Å². The Labute approximate surface area is 117 Å². The lowest BCUT2D eigenvalue weighted by molar-refractivity contribution is -0.158. The zero-order valence-corrected chi connectivity index (χ0v) is 12.6. The van der Waals surface area contributed by atoms with E-state index in [0.29, 0.717) is 5.75 Å². The van der Waals surface area contributed by atoms with Gasteiger partial charge in [-0.05, 0) is 27.7 Å². The van der Waals surface area contributed by atoms with Crippen LogP contribution in [0.1, 0.15) is 34.1 Å². The first-order valence-electron chi connectivity index (χ1n) is 6.00. The van der Waals surface area contributed by atoms with E-state index in [4.69, 9.17) is 10.5 Å². The monoisotopic (exact) mass is 290 g/mol. The van der Waals surface area contributed by atoms with Gasteiger partial charge in [-0.2, -0.15) is 11.8 Å². The lowest BCUT2D eigenvalue weighted by Crippen LogP contribution is -2.42. The van der Waals surface area contributed by atoms with Crippen molar-refractivity contribution >= 4 is 29.5 Å². The molecule has 0 spiro atoms. The second kappa shape index (κ2) is 8.04. The highest BCUT2D eigenvalue weighted by molar-refractivity contribution is 7.99. The minimum Gasteiger partial charge on any atom is -0.458 e. The van der Waals surface area contributed by atoms with Crippen LogP contribution >= 0.6 is 11.8 Å². The SMILES string of the molecule is C[C@H](NC(=O)CCSCC(N)=O)C(=O)OC(C)(C)C. The molecule has 0 saturated heterocycles. The predicted molar refractivity (Wildman–Crippen MR) is 74.6 cm³/mol. The molecule has 1 atom stereocenters. The third kappa shape index (κ3) is 10.4. The van der Waals surface area contributed by atoms with E-state index in [9.17, 15) is 14.4 Å². The van der Waals surface area contributed by atoms with Crippen molar-refractivity contribution in [3.63, 3.8) is 0 Å². The molecule has 3 N–H and O–H groups in total. The standard InChI is InChI=1S/C12H22N2O4S/c1-8(11(17)18-12(2,3)4)14-10(16)5-6-19-7-9(13)15/h8H,5-7H2,1-4H3,(H2,13,15)(H,14,16)/t8-/m0/s1. The average molecular weight is 290 g/mol. The van der Waals surface area contributed by atoms with Gasteiger partial charge in [-0.3, -0.25) is 9.59 Å². The number of thioether (sulfide) groups is 1. The molecular formula is C12H22N2O4S. The summed E-state index contributed by atoms with van der Waals surface area (Å²) < 4.78 is 5.14. The Balaban J connectivity index is 3.92. The number of primary amides is 1. The van der Waals surface area contributed by atoms with Crippen LogP contribution in [-0.4, -0.2) is 40.9 Å². The Kier molecular flexibility index (Phi) is 7.51. The fourth-order valence-electron chi connectivity index (χ4n) is 1.10. The van der Waals surface area contributed by atoms with Gasteiger partial charge in [-0.15, -0.1) is 0 Å². The number of nitrogens with two attached hydrogens (primary N) is 1. The molecule has 0 fully saturated rings. The van der Waals surface area contributed by atoms with Crippen LogP contribution in [0.4, 0.5) is 0 Å². The highest BCUT2D eigenvalue weighted by Gasteiger charge is 2.22. The van der Waals surface area contributed by atoms with Gasteiger partial charge >= 0.3 is 5.97 Å². The van der Waals surface area contributed by atoms with E-state index >= 15 is 0 Å². The van der Waals surface area contributed by atoms with E-state index in [-0.39, 0.29) is 18.1 Å². The maximum absolute atomic E-state index is 11.6. The van der Waals surface area contributed by atoms with Crippen molar-refractivity contribution in [3.05, 3.63) is 0 Å². The molecule has 0 aromatic rings. The van der Waals surface area contributed by atoms with Gasteiger partial charge < -0.3 is 15.8 Å². The normalized spacial score (nSPS) is 12.6. The van der Waals surface area contributed by atoms with E-state index in [1.165, 1.54) is 11.8 Å². The fraction of sp³-hybridized carbons (Fsp3) is 0.750. The Morgan fingerprint density at radius 2 is 1.89 bits per heavy atom. The van der Waals surface area contributed by atoms with E-state index in [0.717, 1.165) is 0 Å². The van der Waals surface area contributed by atoms with Gasteiger partial charge in [0.15, 0.2) is 0 Å². The molecule has 0 heterocycles. The molecule has 19 heavy (non-hydrogen) atoms. The summed E-state index contributed by atoms with van der Waals surface area (Å²) in [5.74, 6) is -0.460. The quantitative estimate of drug-likeness (QED) is 0.523. The average Bonchev–Trinajstić information content (AvgIpc) is 2.21. The van der Waals surface area contributed by atoms with Crippen LogP contribution in [0, 0.1) is 0 Å². The van der Waals surface area contributed by atoms with Crippen molar-refractivity contribution < 1.29 is 19.1 Å². The minimum absolute atomic E-state index is 0.189. The van der Waals surface area contributed by atoms with Gasteiger partial charge in [0.1, 0.15) is 11.6 Å². The smallest absolute Gasteiger partial charge is 0.328 e. The molecule has 0 unspecified atom stereocenters. The summed E-state index contributed by atoms with van der Waals surface area (Å²) in [6, 6.07) is -0.687. The molecule has 0 radical (unpaired) electrons. The van der Waals surface area contributed by atoms with Crippen LogP contribution in [0.2, 0.25) is 0 Å². The lowest BCUT2D eigenvalue weighted by atomic mass is 10.2. The Morgan fingerprint density at radius 1 is 1.32 bits per heavy atom. The van der Waals surface area contributed by atoms with Gasteiger partial charge in [0.25, 0.3) is 0 Å². The molecule has 0 aromatic heterocycles. The van der Waals surface area contributed by atoms with Crippen LogP contribution in [0.25, 0.3) is 0 Å². The first-order valence-corrected chi connectivity index (χ1v) is 7.15. The summed E-state index contributed by atoms with van der Waals surface area (Å²) in [5, 5.41) is 2.55. The van der Waals surface area contributed by atoms with Crippen molar-refractivity contribution in [2.75, 3.05) is 11.5 Å². The van der Waals surface area contributed by atoms with Crippen molar-refractivity contribution in [3.8, 4) is 0 Å². The first-order chi connectivity index (χ1) is 8.61. The third-order valence-corrected chi connectivity index (χ3v) is 2.84. The number of carbonyl (C=O) groups excluding carboxylic acids is 3. The van der Waals surface area contributed by atoms with Gasteiger partial charge in [-0.25, -0.2) is 4.79 Å². The van der Waals surface area contributed by atoms with Crippen LogP contribution in [0.5, 0.6) is 0 Å². The maximum atomic E-state index is 11.6. The molecule has 6 nitrogen and oxygen atoms in total. The maximum Gasteiger partial charge on any atom is 0.328 e. The Hall–Kier alpha value is -1.24. The van der Waals surface area contributed by atoms with E-state index < -0.39 is 23.5 Å². The van der Waals surface area contributed by atoms with Crippen molar-refractivity contribution in [2.24, 2.45) is 5.73 Å². The van der Waals surface area contributed by atoms with Crippen LogP contribution in [0.3, 0.4) is 0 Å². The summed E-state index contributed by atoms with van der Waals surface area (Å²) in [7, 11) is 0. The molecule has 0 rings (SSSR count). The summed E-state index contributed by atoms with van der Waals surface area (Å²) >= 11 is 1.28. The molecule has 110 valence electrons. The molecule has 0 saturated carbocycles. The number of amides is 2. The van der Waals surface area contributed by atoms with E-state index in [1.807, 2.05) is 0 Å². The second-order valence-electron chi connectivity index (χ2n) is 5.09. The highest BCUT2D eigenvalue weighted by atomic mass is 32.2. The molecule has 7 heteroatoms. The minimum atomic E-state index is -0.687. The molecule has 0 aromatic carbocycles. The Morgan fingerprint density at radius 3 is 2.37 bits per heavy atom. The lowest BCUT2D eigenvalue weighted by Gasteiger charge is -2.22. The highest BCUT2D eigenvalue weighted by Crippen LogP contribution is 2.08. The molecule has 0 aliphatic heterocycles. The summed E-state index contributed by atoms with van der Waals surface area (Å²) in [6.45, 7) is 6.86. The number of nitrogens with one attached hydrogen (secondary N) is 1. The second-order valence-corrected chi connectivity index (χ2v) is 6.20. The summed E-state index contributed by atoms with van der Waals surface area (Å²) in [6.07, 6.45) is 0.227. The van der Waals surface area contributed by atoms with Gasteiger partial charge in [-0.1, -0.05) is 0 Å². The van der Waals surface area contributed by atoms with E-state index in [1.54, 1.807) is 27.7 Å². The van der Waals surface area contributed by atoms with Crippen LogP contribution < -0.4 is 11.1 Å². The fourth-order valence-corrected chi connectivity index (χ4v) is 1.78. The zero-order valence-electron chi connectivity index (χ0n) is 11.8. The largest absolute Gasteiger partial charge is 0.458 e. The van der Waals surface area contributed by atoms with Crippen LogP contribution in [0.15, 0.2) is 0 Å². The zero-order chi connectivity index (χ0) is 15.1. The van der Waals surface area contributed by atoms with Gasteiger partial charge in [0.2, 0.25) is 11.8 Å². The molecular weight excluding hydrogens is 268 g/mol. The number of ether oxygens (including phenoxy) is 1. The van der Waals surface area contributed by atoms with Gasteiger partial charge in [0, 0.05) is 12.2 Å².